The molecule has 0 radical (unpaired) electrons. The van der Waals surface area contributed by atoms with E-state index in [1.54, 1.807) is 19.1 Å². The number of benzene rings is 1. The summed E-state index contributed by atoms with van der Waals surface area (Å²) in [6.45, 7) is 1.78. The van der Waals surface area contributed by atoms with Crippen molar-refractivity contribution in [2.24, 2.45) is 0 Å². The van der Waals surface area contributed by atoms with E-state index in [1.165, 1.54) is 0 Å². The van der Waals surface area contributed by atoms with Crippen LogP contribution in [0.5, 0.6) is 0 Å². The number of pyridine rings is 1. The van der Waals surface area contributed by atoms with Gasteiger partial charge in [-0.05, 0) is 49.1 Å². The first-order valence-corrected chi connectivity index (χ1v) is 7.22. The molecule has 2 aromatic rings. The zero-order chi connectivity index (χ0) is 15.0. The normalized spacial score (nSPS) is 16.6. The fraction of sp³-hybridized carbons (Fsp3) is 0.250. The van der Waals surface area contributed by atoms with Crippen molar-refractivity contribution in [1.82, 2.24) is 10.3 Å². The number of nitrogens with one attached hydrogen (secondary N) is 2. The van der Waals surface area contributed by atoms with E-state index in [2.05, 4.69) is 10.3 Å². The summed E-state index contributed by atoms with van der Waals surface area (Å²) in [5.74, 6) is -0.353. The van der Waals surface area contributed by atoms with Crippen LogP contribution in [0.3, 0.4) is 0 Å². The molecule has 0 saturated carbocycles. The number of carbonyl (C=O) groups is 1. The molecule has 0 fully saturated rings. The standard InChI is InChI=1S/C16H15ClN2O2/c1-9-5-6-12(15(20)18-9)16(21)19-14-8-7-10-11(14)3-2-4-13(10)17/h2-6,14H,7-8H2,1H3,(H,18,20)(H,19,21)/t14-/m0/s1. The van der Waals surface area contributed by atoms with Gasteiger partial charge in [0.25, 0.3) is 11.5 Å². The number of rotatable bonds is 2. The molecular weight excluding hydrogens is 288 g/mol. The molecule has 0 saturated heterocycles. The highest BCUT2D eigenvalue weighted by atomic mass is 35.5. The van der Waals surface area contributed by atoms with Gasteiger partial charge in [0.15, 0.2) is 0 Å². The maximum Gasteiger partial charge on any atom is 0.260 e. The van der Waals surface area contributed by atoms with Crippen LogP contribution in [0, 0.1) is 6.92 Å². The van der Waals surface area contributed by atoms with E-state index in [4.69, 9.17) is 11.6 Å². The summed E-state index contributed by atoms with van der Waals surface area (Å²) < 4.78 is 0. The number of H-pyrrole nitrogens is 1. The lowest BCUT2D eigenvalue weighted by molar-refractivity contribution is 0.0935. The number of hydrogen-bond acceptors (Lipinski definition) is 2. The van der Waals surface area contributed by atoms with E-state index in [9.17, 15) is 9.59 Å². The van der Waals surface area contributed by atoms with Crippen LogP contribution in [0.4, 0.5) is 0 Å². The molecule has 1 amide bonds. The molecule has 3 rings (SSSR count). The van der Waals surface area contributed by atoms with Crippen LogP contribution in [0.15, 0.2) is 35.1 Å². The zero-order valence-electron chi connectivity index (χ0n) is 11.6. The summed E-state index contributed by atoms with van der Waals surface area (Å²) in [6.07, 6.45) is 1.64. The molecule has 1 aliphatic rings. The monoisotopic (exact) mass is 302 g/mol. The van der Waals surface area contributed by atoms with Crippen molar-refractivity contribution in [3.05, 3.63) is 68.1 Å². The topological polar surface area (TPSA) is 62.0 Å². The van der Waals surface area contributed by atoms with Gasteiger partial charge in [0.2, 0.25) is 0 Å². The summed E-state index contributed by atoms with van der Waals surface area (Å²) in [5.41, 5.74) is 2.63. The summed E-state index contributed by atoms with van der Waals surface area (Å²) >= 11 is 6.16. The van der Waals surface area contributed by atoms with Gasteiger partial charge in [-0.1, -0.05) is 23.7 Å². The molecule has 21 heavy (non-hydrogen) atoms. The number of aromatic amines is 1. The maximum atomic E-state index is 12.3. The Labute approximate surface area is 127 Å². The second-order valence-corrected chi connectivity index (χ2v) is 5.66. The van der Waals surface area contributed by atoms with Gasteiger partial charge in [0.1, 0.15) is 5.56 Å². The molecule has 108 valence electrons. The third-order valence-electron chi connectivity index (χ3n) is 3.82. The van der Waals surface area contributed by atoms with Gasteiger partial charge in [-0.25, -0.2) is 0 Å². The first kappa shape index (κ1) is 13.9. The minimum atomic E-state index is -0.364. The molecule has 0 bridgehead atoms. The van der Waals surface area contributed by atoms with Crippen molar-refractivity contribution in [2.75, 3.05) is 0 Å². The molecule has 4 nitrogen and oxygen atoms in total. The molecule has 1 heterocycles. The molecule has 0 unspecified atom stereocenters. The Hall–Kier alpha value is -2.07. The number of hydrogen-bond donors (Lipinski definition) is 2. The number of halogens is 1. The molecule has 0 spiro atoms. The lowest BCUT2D eigenvalue weighted by Crippen LogP contribution is -2.32. The molecule has 1 aromatic carbocycles. The Morgan fingerprint density at radius 3 is 2.90 bits per heavy atom. The number of fused-ring (bicyclic) bond motifs is 1. The van der Waals surface area contributed by atoms with Crippen molar-refractivity contribution in [1.29, 1.82) is 0 Å². The summed E-state index contributed by atoms with van der Waals surface area (Å²) in [7, 11) is 0. The second-order valence-electron chi connectivity index (χ2n) is 5.26. The van der Waals surface area contributed by atoms with Crippen molar-refractivity contribution < 1.29 is 4.79 Å². The lowest BCUT2D eigenvalue weighted by atomic mass is 10.1. The quantitative estimate of drug-likeness (QED) is 0.896. The zero-order valence-corrected chi connectivity index (χ0v) is 12.3. The van der Waals surface area contributed by atoms with Gasteiger partial charge in [-0.15, -0.1) is 0 Å². The van der Waals surface area contributed by atoms with Crippen molar-refractivity contribution in [3.63, 3.8) is 0 Å². The van der Waals surface area contributed by atoms with E-state index in [0.29, 0.717) is 0 Å². The molecule has 2 N–H and O–H groups in total. The number of amides is 1. The predicted octanol–water partition coefficient (Wildman–Crippen LogP) is 2.75. The van der Waals surface area contributed by atoms with Gasteiger partial charge in [0, 0.05) is 10.7 Å². The first-order chi connectivity index (χ1) is 10.1. The Morgan fingerprint density at radius 2 is 2.14 bits per heavy atom. The first-order valence-electron chi connectivity index (χ1n) is 6.84. The van der Waals surface area contributed by atoms with Gasteiger partial charge >= 0.3 is 0 Å². The van der Waals surface area contributed by atoms with E-state index < -0.39 is 0 Å². The average Bonchev–Trinajstić information content (AvgIpc) is 2.83. The van der Waals surface area contributed by atoms with Crippen LogP contribution in [0.25, 0.3) is 0 Å². The smallest absolute Gasteiger partial charge is 0.260 e. The molecule has 1 aromatic heterocycles. The fourth-order valence-corrected chi connectivity index (χ4v) is 3.02. The summed E-state index contributed by atoms with van der Waals surface area (Å²) in [4.78, 5) is 26.7. The van der Waals surface area contributed by atoms with Crippen LogP contribution in [0.1, 0.15) is 39.6 Å². The highest BCUT2D eigenvalue weighted by Gasteiger charge is 2.26. The third kappa shape index (κ3) is 2.59. The predicted molar refractivity (Wildman–Crippen MR) is 81.8 cm³/mol. The van der Waals surface area contributed by atoms with Crippen molar-refractivity contribution in [2.45, 2.75) is 25.8 Å². The molecule has 1 atom stereocenters. The second kappa shape index (κ2) is 5.37. The van der Waals surface area contributed by atoms with Crippen LogP contribution in [0.2, 0.25) is 5.02 Å². The maximum absolute atomic E-state index is 12.3. The third-order valence-corrected chi connectivity index (χ3v) is 4.17. The van der Waals surface area contributed by atoms with Crippen molar-refractivity contribution >= 4 is 17.5 Å². The van der Waals surface area contributed by atoms with Crippen LogP contribution in [-0.2, 0) is 6.42 Å². The Bertz CT molecular complexity index is 767. The average molecular weight is 303 g/mol. The van der Waals surface area contributed by atoms with E-state index >= 15 is 0 Å². The Kier molecular flexibility index (Phi) is 3.55. The van der Waals surface area contributed by atoms with Gasteiger partial charge in [-0.2, -0.15) is 0 Å². The van der Waals surface area contributed by atoms with Crippen LogP contribution in [-0.4, -0.2) is 10.9 Å². The number of aromatic nitrogens is 1. The van der Waals surface area contributed by atoms with Crippen LogP contribution >= 0.6 is 11.6 Å². The van der Waals surface area contributed by atoms with E-state index in [-0.39, 0.29) is 23.1 Å². The van der Waals surface area contributed by atoms with Gasteiger partial charge < -0.3 is 10.3 Å². The Balaban J connectivity index is 1.84. The molecular formula is C16H15ClN2O2. The molecule has 5 heteroatoms. The summed E-state index contributed by atoms with van der Waals surface area (Å²) in [6, 6.07) is 8.89. The highest BCUT2D eigenvalue weighted by molar-refractivity contribution is 6.31. The van der Waals surface area contributed by atoms with Crippen molar-refractivity contribution in [3.8, 4) is 0 Å². The lowest BCUT2D eigenvalue weighted by Gasteiger charge is -2.14. The number of aryl methyl sites for hydroxylation is 1. The van der Waals surface area contributed by atoms with E-state index in [1.807, 2.05) is 18.2 Å². The number of carbonyl (C=O) groups excluding carboxylic acids is 1. The molecule has 0 aliphatic heterocycles. The van der Waals surface area contributed by atoms with Gasteiger partial charge in [-0.3, -0.25) is 9.59 Å². The van der Waals surface area contributed by atoms with Crippen LogP contribution < -0.4 is 10.9 Å². The minimum absolute atomic E-state index is 0.0908. The highest BCUT2D eigenvalue weighted by Crippen LogP contribution is 2.35. The SMILES string of the molecule is Cc1ccc(C(=O)N[C@H]2CCc3c(Cl)cccc32)c(=O)[nH]1. The minimum Gasteiger partial charge on any atom is -0.345 e. The molecule has 1 aliphatic carbocycles. The summed E-state index contributed by atoms with van der Waals surface area (Å²) in [5, 5.41) is 3.66. The fourth-order valence-electron chi connectivity index (χ4n) is 2.75. The Morgan fingerprint density at radius 1 is 1.33 bits per heavy atom. The largest absolute Gasteiger partial charge is 0.345 e. The van der Waals surface area contributed by atoms with Gasteiger partial charge in [0.05, 0.1) is 6.04 Å². The van der Waals surface area contributed by atoms with E-state index in [0.717, 1.165) is 34.7 Å².